The Balaban J connectivity index is 2.20. The molecule has 0 unspecified atom stereocenters. The van der Waals surface area contributed by atoms with Crippen molar-refractivity contribution in [2.75, 3.05) is 20.2 Å². The number of carbonyl (C=O) groups excluding carboxylic acids is 1. The summed E-state index contributed by atoms with van der Waals surface area (Å²) in [5, 5.41) is 3.18. The third-order valence-corrected chi connectivity index (χ3v) is 3.70. The number of hydrogen-bond donors (Lipinski definition) is 1. The molecule has 0 atom stereocenters. The van der Waals surface area contributed by atoms with Gasteiger partial charge >= 0.3 is 5.97 Å². The van der Waals surface area contributed by atoms with E-state index < -0.39 is 17.4 Å². The lowest BCUT2D eigenvalue weighted by atomic mass is 9.84. The number of carbonyl (C=O) groups is 1. The normalized spacial score (nSPS) is 20.7. The van der Waals surface area contributed by atoms with Crippen molar-refractivity contribution in [3.8, 4) is 5.75 Å². The number of nitrogens with one attached hydrogen (secondary N) is 1. The molecule has 4 nitrogen and oxygen atoms in total. The predicted molar refractivity (Wildman–Crippen MR) is 62.1 cm³/mol. The number of halogens is 1. The Labute approximate surface area is 104 Å². The number of fused-ring (bicyclic) bond motifs is 2. The summed E-state index contributed by atoms with van der Waals surface area (Å²) in [4.78, 5) is 12.0. The van der Waals surface area contributed by atoms with Gasteiger partial charge in [-0.1, -0.05) is 0 Å². The number of piperidine rings is 1. The highest BCUT2D eigenvalue weighted by Crippen LogP contribution is 2.46. The van der Waals surface area contributed by atoms with Crippen molar-refractivity contribution in [2.24, 2.45) is 0 Å². The van der Waals surface area contributed by atoms with Gasteiger partial charge in [-0.3, -0.25) is 0 Å². The second-order valence-corrected chi connectivity index (χ2v) is 4.63. The summed E-state index contributed by atoms with van der Waals surface area (Å²) in [5.74, 6) is -0.492. The first-order valence-corrected chi connectivity index (χ1v) is 5.99. The van der Waals surface area contributed by atoms with Gasteiger partial charge in [0, 0.05) is 18.4 Å². The van der Waals surface area contributed by atoms with Crippen LogP contribution < -0.4 is 10.1 Å². The summed E-state index contributed by atoms with van der Waals surface area (Å²) in [7, 11) is 1.47. The Morgan fingerprint density at radius 2 is 2.11 bits per heavy atom. The van der Waals surface area contributed by atoms with Gasteiger partial charge in [-0.2, -0.15) is 0 Å². The van der Waals surface area contributed by atoms with E-state index in [2.05, 4.69) is 5.32 Å². The molecule has 1 N–H and O–H groups in total. The van der Waals surface area contributed by atoms with Gasteiger partial charge in [0.1, 0.15) is 22.7 Å². The largest absolute Gasteiger partial charge is 0.496 e. The Morgan fingerprint density at radius 3 is 2.78 bits per heavy atom. The van der Waals surface area contributed by atoms with Crippen molar-refractivity contribution in [2.45, 2.75) is 18.4 Å². The summed E-state index contributed by atoms with van der Waals surface area (Å²) >= 11 is 0. The topological polar surface area (TPSA) is 47.6 Å². The molecule has 0 saturated carbocycles. The number of rotatable bonds is 1. The molecule has 3 rings (SSSR count). The van der Waals surface area contributed by atoms with Crippen LogP contribution in [0.1, 0.15) is 28.8 Å². The highest BCUT2D eigenvalue weighted by molar-refractivity contribution is 5.97. The average molecular weight is 251 g/mol. The summed E-state index contributed by atoms with van der Waals surface area (Å²) in [5.41, 5.74) is -0.191. The van der Waals surface area contributed by atoms with Crippen LogP contribution in [0.15, 0.2) is 12.1 Å². The van der Waals surface area contributed by atoms with Gasteiger partial charge in [-0.15, -0.1) is 0 Å². The predicted octanol–water partition coefficient (Wildman–Crippen LogP) is 1.58. The third kappa shape index (κ3) is 1.43. The Kier molecular flexibility index (Phi) is 2.52. The monoisotopic (exact) mass is 251 g/mol. The third-order valence-electron chi connectivity index (χ3n) is 3.70. The molecule has 0 amide bonds. The van der Waals surface area contributed by atoms with Gasteiger partial charge in [0.25, 0.3) is 0 Å². The minimum atomic E-state index is -0.809. The van der Waals surface area contributed by atoms with Crippen LogP contribution in [0.5, 0.6) is 5.75 Å². The van der Waals surface area contributed by atoms with Crippen LogP contribution in [0.25, 0.3) is 0 Å². The van der Waals surface area contributed by atoms with Gasteiger partial charge < -0.3 is 14.8 Å². The van der Waals surface area contributed by atoms with Crippen LogP contribution >= 0.6 is 0 Å². The fourth-order valence-electron chi connectivity index (χ4n) is 2.84. The van der Waals surface area contributed by atoms with Crippen LogP contribution in [-0.4, -0.2) is 26.2 Å². The first-order valence-electron chi connectivity index (χ1n) is 5.99. The molecule has 0 radical (unpaired) electrons. The first kappa shape index (κ1) is 11.5. The molecular formula is C13H14FNO3. The zero-order chi connectivity index (χ0) is 12.8. The van der Waals surface area contributed by atoms with E-state index in [-0.39, 0.29) is 5.56 Å². The lowest BCUT2D eigenvalue weighted by Gasteiger charge is -2.33. The Morgan fingerprint density at radius 1 is 1.39 bits per heavy atom. The number of benzene rings is 1. The maximum Gasteiger partial charge on any atom is 0.343 e. The summed E-state index contributed by atoms with van der Waals surface area (Å²) in [6.45, 7) is 1.42. The molecule has 0 aromatic heterocycles. The van der Waals surface area contributed by atoms with Crippen molar-refractivity contribution in [1.82, 2.24) is 5.32 Å². The zero-order valence-electron chi connectivity index (χ0n) is 10.1. The molecular weight excluding hydrogens is 237 g/mol. The fourth-order valence-corrected chi connectivity index (χ4v) is 2.84. The van der Waals surface area contributed by atoms with E-state index in [0.29, 0.717) is 37.2 Å². The van der Waals surface area contributed by atoms with Crippen molar-refractivity contribution >= 4 is 5.97 Å². The maximum atomic E-state index is 14.1. The number of ether oxygens (including phenoxy) is 2. The van der Waals surface area contributed by atoms with Crippen molar-refractivity contribution in [3.63, 3.8) is 0 Å². The lowest BCUT2D eigenvalue weighted by molar-refractivity contribution is -0.0255. The van der Waals surface area contributed by atoms with Crippen LogP contribution in [0.3, 0.4) is 0 Å². The fraction of sp³-hybridized carbons (Fsp3) is 0.462. The van der Waals surface area contributed by atoms with E-state index in [9.17, 15) is 9.18 Å². The number of esters is 1. The van der Waals surface area contributed by atoms with Crippen LogP contribution in [0.4, 0.5) is 4.39 Å². The van der Waals surface area contributed by atoms with Crippen molar-refractivity contribution in [1.29, 1.82) is 0 Å². The molecule has 96 valence electrons. The minimum Gasteiger partial charge on any atom is -0.496 e. The van der Waals surface area contributed by atoms with E-state index in [1.54, 1.807) is 0 Å². The molecule has 2 aliphatic heterocycles. The van der Waals surface area contributed by atoms with Crippen LogP contribution in [0.2, 0.25) is 0 Å². The molecule has 5 heteroatoms. The van der Waals surface area contributed by atoms with E-state index >= 15 is 0 Å². The number of methoxy groups -OCH3 is 1. The van der Waals surface area contributed by atoms with Crippen LogP contribution in [0, 0.1) is 5.82 Å². The van der Waals surface area contributed by atoms with Gasteiger partial charge in [0.15, 0.2) is 0 Å². The van der Waals surface area contributed by atoms with Gasteiger partial charge in [-0.05, 0) is 25.2 Å². The van der Waals surface area contributed by atoms with E-state index in [0.717, 1.165) is 0 Å². The molecule has 1 saturated heterocycles. The first-order chi connectivity index (χ1) is 8.68. The molecule has 1 aromatic rings. The Hall–Kier alpha value is -1.62. The quantitative estimate of drug-likeness (QED) is 0.770. The van der Waals surface area contributed by atoms with Gasteiger partial charge in [0.05, 0.1) is 7.11 Å². The zero-order valence-corrected chi connectivity index (χ0v) is 10.1. The van der Waals surface area contributed by atoms with E-state index in [4.69, 9.17) is 9.47 Å². The molecule has 18 heavy (non-hydrogen) atoms. The second-order valence-electron chi connectivity index (χ2n) is 4.63. The standard InChI is InChI=1S/C13H14FNO3/c1-17-9-3-2-8(14)11-10(9)12(16)18-13(11)4-6-15-7-5-13/h2-3,15H,4-7H2,1H3. The molecule has 1 aromatic carbocycles. The Bertz CT molecular complexity index is 509. The van der Waals surface area contributed by atoms with Gasteiger partial charge in [0.2, 0.25) is 0 Å². The molecule has 1 fully saturated rings. The maximum absolute atomic E-state index is 14.1. The second kappa shape index (κ2) is 3.95. The molecule has 1 spiro atoms. The van der Waals surface area contributed by atoms with Crippen LogP contribution in [-0.2, 0) is 10.3 Å². The molecule has 2 heterocycles. The van der Waals surface area contributed by atoms with Gasteiger partial charge in [-0.25, -0.2) is 9.18 Å². The number of hydrogen-bond acceptors (Lipinski definition) is 4. The highest BCUT2D eigenvalue weighted by Gasteiger charge is 2.49. The smallest absolute Gasteiger partial charge is 0.343 e. The summed E-state index contributed by atoms with van der Waals surface area (Å²) in [6, 6.07) is 2.80. The van der Waals surface area contributed by atoms with E-state index in [1.165, 1.54) is 19.2 Å². The molecule has 0 bridgehead atoms. The lowest BCUT2D eigenvalue weighted by Crippen LogP contribution is -2.40. The highest BCUT2D eigenvalue weighted by atomic mass is 19.1. The van der Waals surface area contributed by atoms with E-state index in [1.807, 2.05) is 0 Å². The summed E-state index contributed by atoms with van der Waals surface area (Å²) < 4.78 is 24.7. The SMILES string of the molecule is COc1ccc(F)c2c1C(=O)OC21CCNCC1. The summed E-state index contributed by atoms with van der Waals surface area (Å²) in [6.07, 6.45) is 1.19. The van der Waals surface area contributed by atoms with Crippen molar-refractivity contribution in [3.05, 3.63) is 29.1 Å². The minimum absolute atomic E-state index is 0.249. The molecule has 2 aliphatic rings. The molecule has 0 aliphatic carbocycles. The average Bonchev–Trinajstić information content (AvgIpc) is 2.65. The van der Waals surface area contributed by atoms with Crippen molar-refractivity contribution < 1.29 is 18.7 Å².